The number of hydrogen-bond donors (Lipinski definition) is 0. The standard InChI is InChI=1S/C11H12N2.CH4/c1-7-5-4-6-10-8(2)12-9(3)13-11(7)10;/h4-6H,1-3H3;1H4. The number of aryl methyl sites for hydroxylation is 3. The molecule has 1 aromatic carbocycles. The van der Waals surface area contributed by atoms with E-state index in [1.54, 1.807) is 0 Å². The molecular formula is C12H16N2. The zero-order chi connectivity index (χ0) is 9.42. The van der Waals surface area contributed by atoms with Crippen molar-refractivity contribution in [3.63, 3.8) is 0 Å². The lowest BCUT2D eigenvalue weighted by molar-refractivity contribution is 1.05. The van der Waals surface area contributed by atoms with Gasteiger partial charge in [0.2, 0.25) is 0 Å². The Labute approximate surface area is 85.0 Å². The largest absolute Gasteiger partial charge is 0.238 e. The van der Waals surface area contributed by atoms with E-state index in [4.69, 9.17) is 0 Å². The molecule has 0 fully saturated rings. The molecule has 2 aromatic rings. The number of benzene rings is 1. The van der Waals surface area contributed by atoms with Gasteiger partial charge in [-0.2, -0.15) is 0 Å². The summed E-state index contributed by atoms with van der Waals surface area (Å²) in [6, 6.07) is 6.19. The molecule has 0 spiro atoms. The molecule has 0 saturated heterocycles. The molecule has 0 aliphatic carbocycles. The minimum Gasteiger partial charge on any atom is -0.238 e. The first-order valence-electron chi connectivity index (χ1n) is 4.39. The molecule has 2 rings (SSSR count). The van der Waals surface area contributed by atoms with Crippen molar-refractivity contribution in [1.29, 1.82) is 0 Å². The fourth-order valence-corrected chi connectivity index (χ4v) is 1.59. The zero-order valence-electron chi connectivity index (χ0n) is 8.13. The van der Waals surface area contributed by atoms with Gasteiger partial charge < -0.3 is 0 Å². The molecule has 0 atom stereocenters. The van der Waals surface area contributed by atoms with Crippen LogP contribution in [-0.4, -0.2) is 9.97 Å². The van der Waals surface area contributed by atoms with Crippen LogP contribution in [0.2, 0.25) is 0 Å². The van der Waals surface area contributed by atoms with E-state index in [2.05, 4.69) is 29.0 Å². The molecule has 1 heterocycles. The number of fused-ring (bicyclic) bond motifs is 1. The third-order valence-electron chi connectivity index (χ3n) is 2.23. The third-order valence-corrected chi connectivity index (χ3v) is 2.23. The van der Waals surface area contributed by atoms with Gasteiger partial charge in [0.25, 0.3) is 0 Å². The van der Waals surface area contributed by atoms with Gasteiger partial charge in [-0.3, -0.25) is 0 Å². The van der Waals surface area contributed by atoms with Crippen LogP contribution in [0.15, 0.2) is 18.2 Å². The molecule has 74 valence electrons. The molecule has 0 aliphatic rings. The number of rotatable bonds is 0. The number of nitrogens with zero attached hydrogens (tertiary/aromatic N) is 2. The summed E-state index contributed by atoms with van der Waals surface area (Å²) in [6.45, 7) is 6.03. The minimum absolute atomic E-state index is 0. The van der Waals surface area contributed by atoms with Gasteiger partial charge in [0, 0.05) is 11.1 Å². The van der Waals surface area contributed by atoms with Crippen LogP contribution in [-0.2, 0) is 0 Å². The highest BCUT2D eigenvalue weighted by molar-refractivity contribution is 5.83. The van der Waals surface area contributed by atoms with Crippen LogP contribution in [0, 0.1) is 20.8 Å². The molecule has 2 nitrogen and oxygen atoms in total. The van der Waals surface area contributed by atoms with Gasteiger partial charge in [-0.1, -0.05) is 25.6 Å². The van der Waals surface area contributed by atoms with Gasteiger partial charge in [-0.15, -0.1) is 0 Å². The molecule has 0 radical (unpaired) electrons. The monoisotopic (exact) mass is 188 g/mol. The van der Waals surface area contributed by atoms with E-state index >= 15 is 0 Å². The van der Waals surface area contributed by atoms with Crippen LogP contribution in [0.25, 0.3) is 10.9 Å². The summed E-state index contributed by atoms with van der Waals surface area (Å²) in [5.41, 5.74) is 3.35. The molecule has 0 amide bonds. The fourth-order valence-electron chi connectivity index (χ4n) is 1.59. The van der Waals surface area contributed by atoms with Crippen LogP contribution in [0.5, 0.6) is 0 Å². The Hall–Kier alpha value is -1.44. The molecule has 0 saturated carbocycles. The average Bonchev–Trinajstić information content (AvgIpc) is 2.07. The van der Waals surface area contributed by atoms with E-state index in [1.807, 2.05) is 19.9 Å². The summed E-state index contributed by atoms with van der Waals surface area (Å²) < 4.78 is 0. The van der Waals surface area contributed by atoms with Crippen LogP contribution in [0.4, 0.5) is 0 Å². The van der Waals surface area contributed by atoms with Crippen molar-refractivity contribution in [3.05, 3.63) is 35.3 Å². The fraction of sp³-hybridized carbons (Fsp3) is 0.333. The van der Waals surface area contributed by atoms with Gasteiger partial charge in [-0.05, 0) is 26.3 Å². The second-order valence-electron chi connectivity index (χ2n) is 3.33. The lowest BCUT2D eigenvalue weighted by atomic mass is 10.1. The lowest BCUT2D eigenvalue weighted by Crippen LogP contribution is -1.94. The summed E-state index contributed by atoms with van der Waals surface area (Å²) in [7, 11) is 0. The summed E-state index contributed by atoms with van der Waals surface area (Å²) in [4.78, 5) is 8.76. The van der Waals surface area contributed by atoms with Crippen molar-refractivity contribution in [3.8, 4) is 0 Å². The molecule has 0 bridgehead atoms. The second-order valence-corrected chi connectivity index (χ2v) is 3.33. The van der Waals surface area contributed by atoms with Gasteiger partial charge in [0.15, 0.2) is 0 Å². The lowest BCUT2D eigenvalue weighted by Gasteiger charge is -2.04. The van der Waals surface area contributed by atoms with E-state index in [0.717, 1.165) is 22.4 Å². The van der Waals surface area contributed by atoms with Crippen LogP contribution in [0.1, 0.15) is 24.5 Å². The molecule has 2 heteroatoms. The van der Waals surface area contributed by atoms with Crippen molar-refractivity contribution >= 4 is 10.9 Å². The summed E-state index contributed by atoms with van der Waals surface area (Å²) >= 11 is 0. The molecule has 1 aromatic heterocycles. The Kier molecular flexibility index (Phi) is 2.84. The maximum absolute atomic E-state index is 4.42. The first-order valence-corrected chi connectivity index (χ1v) is 4.39. The first kappa shape index (κ1) is 10.6. The highest BCUT2D eigenvalue weighted by Crippen LogP contribution is 2.17. The van der Waals surface area contributed by atoms with E-state index in [9.17, 15) is 0 Å². The van der Waals surface area contributed by atoms with Crippen molar-refractivity contribution in [2.24, 2.45) is 0 Å². The second kappa shape index (κ2) is 3.74. The van der Waals surface area contributed by atoms with E-state index in [-0.39, 0.29) is 7.43 Å². The van der Waals surface area contributed by atoms with Crippen molar-refractivity contribution < 1.29 is 0 Å². The summed E-state index contributed by atoms with van der Waals surface area (Å²) in [6.07, 6.45) is 0. The smallest absolute Gasteiger partial charge is 0.126 e. The average molecular weight is 188 g/mol. The minimum atomic E-state index is 0. The molecule has 0 unspecified atom stereocenters. The Morgan fingerprint density at radius 2 is 1.71 bits per heavy atom. The summed E-state index contributed by atoms with van der Waals surface area (Å²) in [5, 5.41) is 1.16. The normalized spacial score (nSPS) is 9.93. The number of para-hydroxylation sites is 1. The van der Waals surface area contributed by atoms with E-state index in [1.165, 1.54) is 5.56 Å². The molecule has 0 N–H and O–H groups in total. The number of hydrogen-bond acceptors (Lipinski definition) is 2. The SMILES string of the molecule is C.Cc1nc(C)c2cccc(C)c2n1. The highest BCUT2D eigenvalue weighted by atomic mass is 14.9. The van der Waals surface area contributed by atoms with Crippen molar-refractivity contribution in [1.82, 2.24) is 9.97 Å². The summed E-state index contributed by atoms with van der Waals surface area (Å²) in [5.74, 6) is 0.847. The Balaban J connectivity index is 0.000000980. The first-order chi connectivity index (χ1) is 6.18. The maximum Gasteiger partial charge on any atom is 0.126 e. The molecular weight excluding hydrogens is 172 g/mol. The topological polar surface area (TPSA) is 25.8 Å². The third kappa shape index (κ3) is 1.60. The zero-order valence-corrected chi connectivity index (χ0v) is 8.13. The quantitative estimate of drug-likeness (QED) is 0.634. The maximum atomic E-state index is 4.42. The van der Waals surface area contributed by atoms with Crippen LogP contribution < -0.4 is 0 Å². The van der Waals surface area contributed by atoms with Crippen LogP contribution in [0.3, 0.4) is 0 Å². The number of aromatic nitrogens is 2. The van der Waals surface area contributed by atoms with Crippen LogP contribution >= 0.6 is 0 Å². The Bertz CT molecular complexity index is 461. The Morgan fingerprint density at radius 1 is 1.00 bits per heavy atom. The van der Waals surface area contributed by atoms with Gasteiger partial charge >= 0.3 is 0 Å². The Morgan fingerprint density at radius 3 is 2.43 bits per heavy atom. The van der Waals surface area contributed by atoms with E-state index < -0.39 is 0 Å². The predicted octanol–water partition coefficient (Wildman–Crippen LogP) is 3.19. The van der Waals surface area contributed by atoms with Gasteiger partial charge in [0.05, 0.1) is 5.52 Å². The van der Waals surface area contributed by atoms with E-state index in [0.29, 0.717) is 0 Å². The van der Waals surface area contributed by atoms with Gasteiger partial charge in [-0.25, -0.2) is 9.97 Å². The van der Waals surface area contributed by atoms with Crippen molar-refractivity contribution in [2.75, 3.05) is 0 Å². The molecule has 0 aliphatic heterocycles. The predicted molar refractivity (Wildman–Crippen MR) is 60.5 cm³/mol. The van der Waals surface area contributed by atoms with Crippen molar-refractivity contribution in [2.45, 2.75) is 28.2 Å². The van der Waals surface area contributed by atoms with Gasteiger partial charge in [0.1, 0.15) is 5.82 Å². The highest BCUT2D eigenvalue weighted by Gasteiger charge is 2.02. The molecule has 14 heavy (non-hydrogen) atoms.